The molecule has 2 aromatic carbocycles. The summed E-state index contributed by atoms with van der Waals surface area (Å²) in [4.78, 5) is 16.1. The molecule has 2 bridgehead atoms. The highest BCUT2D eigenvalue weighted by Crippen LogP contribution is 2.44. The third kappa shape index (κ3) is 3.86. The lowest BCUT2D eigenvalue weighted by Crippen LogP contribution is -2.60. The number of nitrogens with one attached hydrogen (secondary N) is 1. The Morgan fingerprint density at radius 3 is 2.69 bits per heavy atom. The molecule has 3 aliphatic heterocycles. The van der Waals surface area contributed by atoms with Crippen LogP contribution in [0.4, 0.5) is 0 Å². The number of carbonyl (C=O) groups is 1. The molecule has 0 radical (unpaired) electrons. The molecule has 0 aromatic heterocycles. The number of rotatable bonds is 5. The average molecular weight is 457 g/mol. The number of hydrogen-bond acceptors (Lipinski definition) is 6. The standard InChI is InChI=1S/C24H28N2O5S/c1-32(28,29)19-14-20(22-21(15-19)30-12-13-31-22)23(27)25-24-10-5-8-18(9-11-24)26(24)16-17-6-3-2-4-7-17/h2-4,6-7,14-15,18H,5,8-13,16H2,1H3,(H,25,27). The lowest BCUT2D eigenvalue weighted by atomic mass is 9.95. The van der Waals surface area contributed by atoms with Crippen molar-refractivity contribution in [3.63, 3.8) is 0 Å². The fourth-order valence-corrected chi connectivity index (χ4v) is 5.95. The van der Waals surface area contributed by atoms with E-state index in [0.717, 1.165) is 44.9 Å². The van der Waals surface area contributed by atoms with Crippen molar-refractivity contribution >= 4 is 15.7 Å². The van der Waals surface area contributed by atoms with Crippen LogP contribution in [0.25, 0.3) is 0 Å². The number of nitrogens with zero attached hydrogens (tertiary/aromatic N) is 1. The number of hydrogen-bond donors (Lipinski definition) is 1. The van der Waals surface area contributed by atoms with Crippen LogP contribution in [0.1, 0.15) is 48.0 Å². The molecule has 32 heavy (non-hydrogen) atoms. The van der Waals surface area contributed by atoms with E-state index in [0.29, 0.717) is 30.8 Å². The highest BCUT2D eigenvalue weighted by atomic mass is 32.2. The van der Waals surface area contributed by atoms with Gasteiger partial charge in [-0.05, 0) is 43.7 Å². The van der Waals surface area contributed by atoms with Gasteiger partial charge in [-0.3, -0.25) is 9.69 Å². The van der Waals surface area contributed by atoms with Crippen molar-refractivity contribution in [1.82, 2.24) is 10.2 Å². The molecule has 0 aliphatic carbocycles. The molecule has 1 amide bonds. The molecule has 0 saturated carbocycles. The zero-order valence-electron chi connectivity index (χ0n) is 18.2. The molecule has 2 atom stereocenters. The largest absolute Gasteiger partial charge is 0.486 e. The van der Waals surface area contributed by atoms with Crippen LogP contribution in [-0.4, -0.2) is 50.4 Å². The topological polar surface area (TPSA) is 84.9 Å². The Labute approximate surface area is 188 Å². The lowest BCUT2D eigenvalue weighted by molar-refractivity contribution is 0.0182. The molecular weight excluding hydrogens is 428 g/mol. The Kier molecular flexibility index (Phi) is 5.37. The van der Waals surface area contributed by atoms with Crippen LogP contribution in [-0.2, 0) is 16.4 Å². The Morgan fingerprint density at radius 2 is 1.91 bits per heavy atom. The molecule has 3 aliphatic rings. The van der Waals surface area contributed by atoms with Crippen molar-refractivity contribution < 1.29 is 22.7 Å². The first-order valence-electron chi connectivity index (χ1n) is 11.1. The number of sulfone groups is 1. The molecule has 1 N–H and O–H groups in total. The second-order valence-electron chi connectivity index (χ2n) is 8.95. The first-order chi connectivity index (χ1) is 15.4. The van der Waals surface area contributed by atoms with Gasteiger partial charge in [0.2, 0.25) is 0 Å². The van der Waals surface area contributed by atoms with E-state index in [2.05, 4.69) is 22.3 Å². The van der Waals surface area contributed by atoms with Gasteiger partial charge in [0.25, 0.3) is 5.91 Å². The zero-order valence-corrected chi connectivity index (χ0v) is 19.0. The Balaban J connectivity index is 1.48. The van der Waals surface area contributed by atoms with Gasteiger partial charge in [0.05, 0.1) is 16.1 Å². The van der Waals surface area contributed by atoms with Crippen molar-refractivity contribution in [2.24, 2.45) is 0 Å². The molecule has 8 heteroatoms. The number of amides is 1. The number of carbonyl (C=O) groups excluding carboxylic acids is 1. The maximum absolute atomic E-state index is 13.6. The van der Waals surface area contributed by atoms with E-state index in [-0.39, 0.29) is 16.4 Å². The molecule has 2 saturated heterocycles. The maximum Gasteiger partial charge on any atom is 0.256 e. The van der Waals surface area contributed by atoms with Crippen molar-refractivity contribution in [2.75, 3.05) is 19.5 Å². The molecule has 5 rings (SSSR count). The van der Waals surface area contributed by atoms with Gasteiger partial charge in [-0.1, -0.05) is 30.3 Å². The second kappa shape index (κ2) is 8.08. The van der Waals surface area contributed by atoms with Crippen molar-refractivity contribution in [2.45, 2.75) is 55.2 Å². The van der Waals surface area contributed by atoms with Crippen molar-refractivity contribution in [1.29, 1.82) is 0 Å². The SMILES string of the molecule is CS(=O)(=O)c1cc2c(c(C(=O)NC34CCCC(CC3)N4Cc3ccccc3)c1)OCCO2. The van der Waals surface area contributed by atoms with Crippen LogP contribution >= 0.6 is 0 Å². The minimum absolute atomic E-state index is 0.0542. The third-order valence-electron chi connectivity index (χ3n) is 6.84. The first-order valence-corrected chi connectivity index (χ1v) is 13.0. The van der Waals surface area contributed by atoms with E-state index >= 15 is 0 Å². The second-order valence-corrected chi connectivity index (χ2v) is 11.0. The summed E-state index contributed by atoms with van der Waals surface area (Å²) in [6.07, 6.45) is 6.09. The van der Waals surface area contributed by atoms with Crippen LogP contribution in [0.3, 0.4) is 0 Å². The van der Waals surface area contributed by atoms with E-state index < -0.39 is 15.5 Å². The third-order valence-corrected chi connectivity index (χ3v) is 7.93. The van der Waals surface area contributed by atoms with Crippen LogP contribution in [0.5, 0.6) is 11.5 Å². The van der Waals surface area contributed by atoms with E-state index in [1.165, 1.54) is 17.7 Å². The van der Waals surface area contributed by atoms with E-state index in [4.69, 9.17) is 9.47 Å². The molecule has 170 valence electrons. The predicted molar refractivity (Wildman–Crippen MR) is 120 cm³/mol. The van der Waals surface area contributed by atoms with Crippen LogP contribution in [0, 0.1) is 0 Å². The summed E-state index contributed by atoms with van der Waals surface area (Å²) in [5.74, 6) is 0.297. The fraction of sp³-hybridized carbons (Fsp3) is 0.458. The summed E-state index contributed by atoms with van der Waals surface area (Å²) in [5, 5.41) is 3.30. The number of piperidine rings is 1. The summed E-state index contributed by atoms with van der Waals surface area (Å²) < 4.78 is 35.8. The van der Waals surface area contributed by atoms with E-state index in [9.17, 15) is 13.2 Å². The fourth-order valence-electron chi connectivity index (χ4n) is 5.30. The number of benzene rings is 2. The van der Waals surface area contributed by atoms with Crippen LogP contribution < -0.4 is 14.8 Å². The summed E-state index contributed by atoms with van der Waals surface area (Å²) in [6.45, 7) is 1.41. The molecule has 7 nitrogen and oxygen atoms in total. The van der Waals surface area contributed by atoms with Crippen molar-refractivity contribution in [3.05, 3.63) is 53.6 Å². The molecular formula is C24H28N2O5S. The normalized spacial score (nSPS) is 24.8. The van der Waals surface area contributed by atoms with E-state index in [1.807, 2.05) is 18.2 Å². The van der Waals surface area contributed by atoms with Gasteiger partial charge in [0, 0.05) is 24.9 Å². The van der Waals surface area contributed by atoms with Gasteiger partial charge in [0.15, 0.2) is 21.3 Å². The Bertz CT molecular complexity index is 1130. The highest BCUT2D eigenvalue weighted by molar-refractivity contribution is 7.90. The number of ether oxygens (including phenoxy) is 2. The van der Waals surface area contributed by atoms with Gasteiger partial charge in [-0.25, -0.2) is 8.42 Å². The minimum atomic E-state index is -3.52. The van der Waals surface area contributed by atoms with Gasteiger partial charge in [0.1, 0.15) is 13.2 Å². The summed E-state index contributed by atoms with van der Waals surface area (Å²) in [7, 11) is -3.52. The molecule has 3 heterocycles. The number of fused-ring (bicyclic) bond motifs is 3. The smallest absolute Gasteiger partial charge is 0.256 e. The molecule has 2 aromatic rings. The zero-order chi connectivity index (χ0) is 22.3. The summed E-state index contributed by atoms with van der Waals surface area (Å²) in [6, 6.07) is 13.6. The monoisotopic (exact) mass is 456 g/mol. The quantitative estimate of drug-likeness (QED) is 0.744. The summed E-state index contributed by atoms with van der Waals surface area (Å²) in [5.41, 5.74) is 0.984. The minimum Gasteiger partial charge on any atom is -0.486 e. The van der Waals surface area contributed by atoms with Gasteiger partial charge < -0.3 is 14.8 Å². The maximum atomic E-state index is 13.6. The van der Waals surface area contributed by atoms with Gasteiger partial charge >= 0.3 is 0 Å². The Hall–Kier alpha value is -2.58. The molecule has 0 spiro atoms. The molecule has 2 unspecified atom stereocenters. The average Bonchev–Trinajstić information content (AvgIpc) is 2.96. The molecule has 2 fully saturated rings. The van der Waals surface area contributed by atoms with E-state index in [1.54, 1.807) is 0 Å². The predicted octanol–water partition coefficient (Wildman–Crippen LogP) is 3.14. The van der Waals surface area contributed by atoms with Crippen LogP contribution in [0.2, 0.25) is 0 Å². The summed E-state index contributed by atoms with van der Waals surface area (Å²) >= 11 is 0. The Morgan fingerprint density at radius 1 is 1.12 bits per heavy atom. The van der Waals surface area contributed by atoms with Gasteiger partial charge in [-0.2, -0.15) is 0 Å². The van der Waals surface area contributed by atoms with Gasteiger partial charge in [-0.15, -0.1) is 0 Å². The van der Waals surface area contributed by atoms with Crippen molar-refractivity contribution in [3.8, 4) is 11.5 Å². The lowest BCUT2D eigenvalue weighted by Gasteiger charge is -2.45. The highest BCUT2D eigenvalue weighted by Gasteiger charge is 2.49. The first kappa shape index (κ1) is 21.3. The van der Waals surface area contributed by atoms with Crippen LogP contribution in [0.15, 0.2) is 47.4 Å².